The molecule has 0 saturated heterocycles. The molecule has 0 aliphatic rings. The minimum atomic E-state index is -0.413. The number of aromatic nitrogens is 2. The van der Waals surface area contributed by atoms with Crippen LogP contribution in [0.4, 0.5) is 5.69 Å². The van der Waals surface area contributed by atoms with Gasteiger partial charge in [0.25, 0.3) is 5.69 Å². The SMILES string of the molecule is COc1cc(-c2nc(-c3ccccc3)c(-c3ccccc3)n2-c2cccc([N+](=O)[O-])c2)ccc1O. The Morgan fingerprint density at radius 3 is 2.17 bits per heavy atom. The molecule has 0 aliphatic carbocycles. The van der Waals surface area contributed by atoms with E-state index in [4.69, 9.17) is 9.72 Å². The first-order valence-corrected chi connectivity index (χ1v) is 10.9. The maximum atomic E-state index is 11.6. The van der Waals surface area contributed by atoms with Crippen molar-refractivity contribution in [1.29, 1.82) is 0 Å². The van der Waals surface area contributed by atoms with E-state index in [1.807, 2.05) is 71.3 Å². The van der Waals surface area contributed by atoms with Crippen molar-refractivity contribution in [1.82, 2.24) is 9.55 Å². The van der Waals surface area contributed by atoms with Gasteiger partial charge in [-0.15, -0.1) is 0 Å². The standard InChI is InChI=1S/C28H21N3O4/c1-35-25-17-21(15-16-24(25)32)28-29-26(19-9-4-2-5-10-19)27(20-11-6-3-7-12-20)30(28)22-13-8-14-23(18-22)31(33)34/h2-18,32H,1H3. The van der Waals surface area contributed by atoms with Crippen LogP contribution in [0.3, 0.4) is 0 Å². The summed E-state index contributed by atoms with van der Waals surface area (Å²) in [5, 5.41) is 21.7. The van der Waals surface area contributed by atoms with Crippen LogP contribution in [0.5, 0.6) is 11.5 Å². The van der Waals surface area contributed by atoms with Crippen LogP contribution in [0.25, 0.3) is 39.6 Å². The van der Waals surface area contributed by atoms with Gasteiger partial charge in [-0.05, 0) is 24.3 Å². The van der Waals surface area contributed by atoms with Gasteiger partial charge in [-0.25, -0.2) is 4.98 Å². The summed E-state index contributed by atoms with van der Waals surface area (Å²) in [6, 6.07) is 31.0. The lowest BCUT2D eigenvalue weighted by molar-refractivity contribution is -0.384. The zero-order valence-electron chi connectivity index (χ0n) is 18.8. The van der Waals surface area contributed by atoms with E-state index in [0.717, 1.165) is 22.5 Å². The number of ether oxygens (including phenoxy) is 1. The Balaban J connectivity index is 1.89. The van der Waals surface area contributed by atoms with E-state index < -0.39 is 4.92 Å². The monoisotopic (exact) mass is 463 g/mol. The van der Waals surface area contributed by atoms with Crippen molar-refractivity contribution < 1.29 is 14.8 Å². The lowest BCUT2D eigenvalue weighted by Gasteiger charge is -2.14. The molecule has 5 aromatic rings. The van der Waals surface area contributed by atoms with Crippen LogP contribution in [-0.2, 0) is 0 Å². The lowest BCUT2D eigenvalue weighted by atomic mass is 10.0. The average Bonchev–Trinajstić information content (AvgIpc) is 3.31. The van der Waals surface area contributed by atoms with Gasteiger partial charge in [0.1, 0.15) is 5.82 Å². The van der Waals surface area contributed by atoms with Gasteiger partial charge in [0.2, 0.25) is 0 Å². The Labute approximate surface area is 201 Å². The maximum absolute atomic E-state index is 11.6. The number of rotatable bonds is 6. The summed E-state index contributed by atoms with van der Waals surface area (Å²) in [5.41, 5.74) is 4.58. The summed E-state index contributed by atoms with van der Waals surface area (Å²) in [6.07, 6.45) is 0. The van der Waals surface area contributed by atoms with Gasteiger partial charge in [0.05, 0.1) is 29.1 Å². The van der Waals surface area contributed by atoms with Gasteiger partial charge in [-0.2, -0.15) is 0 Å². The molecule has 35 heavy (non-hydrogen) atoms. The second-order valence-electron chi connectivity index (χ2n) is 7.86. The molecule has 0 saturated carbocycles. The first-order valence-electron chi connectivity index (χ1n) is 10.9. The van der Waals surface area contributed by atoms with Crippen molar-refractivity contribution in [3.8, 4) is 51.1 Å². The third kappa shape index (κ3) is 4.11. The van der Waals surface area contributed by atoms with Crippen molar-refractivity contribution in [2.24, 2.45) is 0 Å². The summed E-state index contributed by atoms with van der Waals surface area (Å²) in [7, 11) is 1.48. The molecule has 0 bridgehead atoms. The fourth-order valence-corrected chi connectivity index (χ4v) is 4.09. The van der Waals surface area contributed by atoms with Crippen LogP contribution in [0.1, 0.15) is 0 Å². The Hall–Kier alpha value is -4.91. The van der Waals surface area contributed by atoms with Crippen LogP contribution < -0.4 is 4.74 Å². The molecule has 5 rings (SSSR count). The molecular formula is C28H21N3O4. The highest BCUT2D eigenvalue weighted by molar-refractivity contribution is 5.84. The third-order valence-corrected chi connectivity index (χ3v) is 5.71. The Bertz CT molecular complexity index is 1510. The molecule has 172 valence electrons. The van der Waals surface area contributed by atoms with E-state index in [-0.39, 0.29) is 11.4 Å². The van der Waals surface area contributed by atoms with E-state index in [1.54, 1.807) is 24.3 Å². The summed E-state index contributed by atoms with van der Waals surface area (Å²) in [4.78, 5) is 16.2. The van der Waals surface area contributed by atoms with Crippen molar-refractivity contribution in [3.05, 3.63) is 113 Å². The fraction of sp³-hybridized carbons (Fsp3) is 0.0357. The van der Waals surface area contributed by atoms with Crippen LogP contribution in [0.15, 0.2) is 103 Å². The third-order valence-electron chi connectivity index (χ3n) is 5.71. The number of non-ortho nitro benzene ring substituents is 1. The van der Waals surface area contributed by atoms with Gasteiger partial charge >= 0.3 is 0 Å². The zero-order valence-corrected chi connectivity index (χ0v) is 18.8. The van der Waals surface area contributed by atoms with Gasteiger partial charge < -0.3 is 9.84 Å². The zero-order chi connectivity index (χ0) is 24.4. The van der Waals surface area contributed by atoms with Gasteiger partial charge in [0, 0.05) is 28.8 Å². The smallest absolute Gasteiger partial charge is 0.271 e. The molecule has 0 spiro atoms. The second kappa shape index (κ2) is 9.15. The molecule has 1 heterocycles. The molecule has 7 nitrogen and oxygen atoms in total. The molecule has 0 aliphatic heterocycles. The van der Waals surface area contributed by atoms with Gasteiger partial charge in [-0.1, -0.05) is 66.7 Å². The van der Waals surface area contributed by atoms with Crippen LogP contribution in [0.2, 0.25) is 0 Å². The minimum absolute atomic E-state index is 0.0104. The number of benzene rings is 4. The maximum Gasteiger partial charge on any atom is 0.271 e. The average molecular weight is 463 g/mol. The Morgan fingerprint density at radius 1 is 0.829 bits per heavy atom. The van der Waals surface area contributed by atoms with Crippen molar-refractivity contribution in [2.45, 2.75) is 0 Å². The largest absolute Gasteiger partial charge is 0.504 e. The summed E-state index contributed by atoms with van der Waals surface area (Å²) in [5.74, 6) is 0.872. The van der Waals surface area contributed by atoms with Crippen LogP contribution in [-0.4, -0.2) is 26.7 Å². The number of hydrogen-bond acceptors (Lipinski definition) is 5. The van der Waals surface area contributed by atoms with Crippen LogP contribution >= 0.6 is 0 Å². The normalized spacial score (nSPS) is 10.8. The number of phenolic OH excluding ortho intramolecular Hbond substituents is 1. The van der Waals surface area contributed by atoms with Gasteiger partial charge in [0.15, 0.2) is 11.5 Å². The molecule has 0 amide bonds. The summed E-state index contributed by atoms with van der Waals surface area (Å²) < 4.78 is 7.25. The molecular weight excluding hydrogens is 442 g/mol. The molecule has 1 N–H and O–H groups in total. The first kappa shape index (κ1) is 21.9. The number of nitro benzene ring substituents is 1. The van der Waals surface area contributed by atoms with E-state index >= 15 is 0 Å². The molecule has 1 aromatic heterocycles. The molecule has 0 fully saturated rings. The summed E-state index contributed by atoms with van der Waals surface area (Å²) in [6.45, 7) is 0. The topological polar surface area (TPSA) is 90.4 Å². The van der Waals surface area contributed by atoms with E-state index in [9.17, 15) is 15.2 Å². The highest BCUT2D eigenvalue weighted by atomic mass is 16.6. The van der Waals surface area contributed by atoms with Crippen molar-refractivity contribution in [3.63, 3.8) is 0 Å². The van der Waals surface area contributed by atoms with E-state index in [0.29, 0.717) is 22.8 Å². The minimum Gasteiger partial charge on any atom is -0.504 e. The van der Waals surface area contributed by atoms with Crippen molar-refractivity contribution >= 4 is 5.69 Å². The Kier molecular flexibility index (Phi) is 5.73. The summed E-state index contributed by atoms with van der Waals surface area (Å²) >= 11 is 0. The first-order chi connectivity index (χ1) is 17.1. The molecule has 0 unspecified atom stereocenters. The quantitative estimate of drug-likeness (QED) is 0.229. The number of nitrogens with zero attached hydrogens (tertiary/aromatic N) is 3. The molecule has 0 atom stereocenters. The number of aromatic hydroxyl groups is 1. The number of nitro groups is 1. The second-order valence-corrected chi connectivity index (χ2v) is 7.86. The predicted octanol–water partition coefficient (Wildman–Crippen LogP) is 6.50. The number of methoxy groups -OCH3 is 1. The molecule has 4 aromatic carbocycles. The molecule has 0 radical (unpaired) electrons. The highest BCUT2D eigenvalue weighted by Crippen LogP contribution is 2.40. The molecule has 7 heteroatoms. The van der Waals surface area contributed by atoms with Crippen LogP contribution in [0, 0.1) is 10.1 Å². The number of imidazole rings is 1. The number of hydrogen-bond donors (Lipinski definition) is 1. The Morgan fingerprint density at radius 2 is 1.51 bits per heavy atom. The van der Waals surface area contributed by atoms with Gasteiger partial charge in [-0.3, -0.25) is 14.7 Å². The van der Waals surface area contributed by atoms with E-state index in [2.05, 4.69) is 0 Å². The van der Waals surface area contributed by atoms with Crippen molar-refractivity contribution in [2.75, 3.05) is 7.11 Å². The predicted molar refractivity (Wildman–Crippen MR) is 135 cm³/mol. The number of phenols is 1. The highest BCUT2D eigenvalue weighted by Gasteiger charge is 2.24. The van der Waals surface area contributed by atoms with E-state index in [1.165, 1.54) is 19.2 Å². The fourth-order valence-electron chi connectivity index (χ4n) is 4.09. The lowest BCUT2D eigenvalue weighted by Crippen LogP contribution is -2.01.